The largest absolute Gasteiger partial charge is 0.481 e. The Bertz CT molecular complexity index is 833. The van der Waals surface area contributed by atoms with Crippen LogP contribution >= 0.6 is 0 Å². The molecule has 4 rings (SSSR count). The number of aliphatic carboxylic acids is 1. The van der Waals surface area contributed by atoms with Crippen molar-refractivity contribution in [3.63, 3.8) is 0 Å². The molecule has 1 spiro atoms. The van der Waals surface area contributed by atoms with Crippen molar-refractivity contribution in [2.24, 2.45) is 5.41 Å². The number of hydrogen-bond donors (Lipinski definition) is 2. The van der Waals surface area contributed by atoms with E-state index >= 15 is 0 Å². The molecule has 156 valence electrons. The van der Waals surface area contributed by atoms with Crippen molar-refractivity contribution in [2.45, 2.75) is 70.3 Å². The van der Waals surface area contributed by atoms with E-state index in [0.717, 1.165) is 36.8 Å². The molecule has 6 heteroatoms. The molecule has 0 aromatic heterocycles. The lowest BCUT2D eigenvalue weighted by Crippen LogP contribution is -2.57. The molecule has 6 nitrogen and oxygen atoms in total. The van der Waals surface area contributed by atoms with E-state index in [0.29, 0.717) is 38.8 Å². The Morgan fingerprint density at radius 1 is 1.10 bits per heavy atom. The third-order valence-corrected chi connectivity index (χ3v) is 7.19. The second-order valence-electron chi connectivity index (χ2n) is 9.30. The van der Waals surface area contributed by atoms with Crippen LogP contribution in [0, 0.1) is 12.3 Å². The first-order valence-electron chi connectivity index (χ1n) is 10.7. The molecule has 0 radical (unpaired) electrons. The van der Waals surface area contributed by atoms with Gasteiger partial charge in [-0.2, -0.15) is 0 Å². The summed E-state index contributed by atoms with van der Waals surface area (Å²) in [6.07, 6.45) is 5.89. The van der Waals surface area contributed by atoms with Gasteiger partial charge in [0.05, 0.1) is 18.4 Å². The summed E-state index contributed by atoms with van der Waals surface area (Å²) in [6, 6.07) is 6.32. The summed E-state index contributed by atoms with van der Waals surface area (Å²) in [5.41, 5.74) is 2.68. The Morgan fingerprint density at radius 3 is 2.45 bits per heavy atom. The third-order valence-electron chi connectivity index (χ3n) is 7.19. The number of carbonyl (C=O) groups is 3. The lowest BCUT2D eigenvalue weighted by Gasteiger charge is -2.46. The van der Waals surface area contributed by atoms with Crippen LogP contribution in [0.3, 0.4) is 0 Å². The maximum Gasteiger partial charge on any atom is 0.303 e. The second kappa shape index (κ2) is 7.47. The summed E-state index contributed by atoms with van der Waals surface area (Å²) in [6.45, 7) is 3.22. The smallest absolute Gasteiger partial charge is 0.303 e. The number of aryl methyl sites for hydroxylation is 1. The van der Waals surface area contributed by atoms with Crippen LogP contribution in [-0.2, 0) is 26.3 Å². The van der Waals surface area contributed by atoms with E-state index < -0.39 is 5.97 Å². The fourth-order valence-electron chi connectivity index (χ4n) is 5.71. The molecule has 0 unspecified atom stereocenters. The first-order valence-corrected chi connectivity index (χ1v) is 10.7. The van der Waals surface area contributed by atoms with Crippen LogP contribution in [0.25, 0.3) is 0 Å². The number of rotatable bonds is 4. The first-order chi connectivity index (χ1) is 13.8. The van der Waals surface area contributed by atoms with Gasteiger partial charge in [-0.3, -0.25) is 14.4 Å². The van der Waals surface area contributed by atoms with Crippen LogP contribution in [0.15, 0.2) is 18.2 Å². The van der Waals surface area contributed by atoms with Gasteiger partial charge in [-0.05, 0) is 49.1 Å². The average molecular weight is 399 g/mol. The third kappa shape index (κ3) is 3.89. The molecule has 29 heavy (non-hydrogen) atoms. The van der Waals surface area contributed by atoms with E-state index in [2.05, 4.69) is 23.5 Å². The monoisotopic (exact) mass is 398 g/mol. The summed E-state index contributed by atoms with van der Waals surface area (Å²) in [5.74, 6) is -0.697. The summed E-state index contributed by atoms with van der Waals surface area (Å²) in [4.78, 5) is 38.6. The molecule has 2 N–H and O–H groups in total. The molecule has 2 amide bonds. The number of hydrogen-bond acceptors (Lipinski definition) is 3. The molecule has 0 bridgehead atoms. The van der Waals surface area contributed by atoms with Crippen LogP contribution in [0.4, 0.5) is 0 Å². The molecule has 0 atom stereocenters. The molecular weight excluding hydrogens is 368 g/mol. The number of nitrogens with one attached hydrogen (secondary N) is 1. The fourth-order valence-corrected chi connectivity index (χ4v) is 5.71. The highest BCUT2D eigenvalue weighted by Gasteiger charge is 2.44. The van der Waals surface area contributed by atoms with Gasteiger partial charge in [0.25, 0.3) is 0 Å². The Hall–Kier alpha value is -2.37. The van der Waals surface area contributed by atoms with Crippen molar-refractivity contribution in [3.8, 4) is 0 Å². The lowest BCUT2D eigenvalue weighted by atomic mass is 9.74. The maximum atomic E-state index is 13.0. The second-order valence-corrected chi connectivity index (χ2v) is 9.30. The number of piperidine rings is 1. The number of carbonyl (C=O) groups excluding carboxylic acids is 2. The SMILES string of the molecule is Cc1ccc2c(c1)CC(=O)NC21CCN(C(=O)CC2(CC(=O)O)CCCC2)CC1. The van der Waals surface area contributed by atoms with Crippen LogP contribution in [0.5, 0.6) is 0 Å². The van der Waals surface area contributed by atoms with Crippen molar-refractivity contribution in [2.75, 3.05) is 13.1 Å². The molecular formula is C23H30N2O4. The van der Waals surface area contributed by atoms with Gasteiger partial charge in [0, 0.05) is 19.5 Å². The number of carboxylic acids is 1. The van der Waals surface area contributed by atoms with Crippen molar-refractivity contribution in [1.82, 2.24) is 10.2 Å². The molecule has 1 aromatic rings. The Balaban J connectivity index is 1.46. The molecule has 1 aliphatic carbocycles. The summed E-state index contributed by atoms with van der Waals surface area (Å²) < 4.78 is 0. The maximum absolute atomic E-state index is 13.0. The van der Waals surface area contributed by atoms with Gasteiger partial charge in [-0.25, -0.2) is 0 Å². The predicted octanol–water partition coefficient (Wildman–Crippen LogP) is 2.91. The standard InChI is InChI=1S/C23H30N2O4/c1-16-4-5-18-17(12-16)13-19(26)24-23(18)8-10-25(11-9-23)20(27)14-22(15-21(28)29)6-2-3-7-22/h4-5,12H,2-3,6-11,13-15H2,1H3,(H,24,26)(H,28,29). The summed E-state index contributed by atoms with van der Waals surface area (Å²) in [5, 5.41) is 12.5. The molecule has 2 fully saturated rings. The van der Waals surface area contributed by atoms with E-state index in [9.17, 15) is 19.5 Å². The average Bonchev–Trinajstić information content (AvgIpc) is 3.08. The van der Waals surface area contributed by atoms with Crippen LogP contribution in [0.1, 0.15) is 68.1 Å². The van der Waals surface area contributed by atoms with Gasteiger partial charge in [0.1, 0.15) is 0 Å². The van der Waals surface area contributed by atoms with E-state index in [1.807, 2.05) is 11.8 Å². The highest BCUT2D eigenvalue weighted by atomic mass is 16.4. The summed E-state index contributed by atoms with van der Waals surface area (Å²) in [7, 11) is 0. The summed E-state index contributed by atoms with van der Waals surface area (Å²) >= 11 is 0. The predicted molar refractivity (Wildman–Crippen MR) is 108 cm³/mol. The van der Waals surface area contributed by atoms with Gasteiger partial charge in [-0.1, -0.05) is 36.6 Å². The molecule has 1 saturated carbocycles. The fraction of sp³-hybridized carbons (Fsp3) is 0.609. The Kier molecular flexibility index (Phi) is 5.13. The minimum absolute atomic E-state index is 0.0502. The number of amides is 2. The zero-order chi connectivity index (χ0) is 20.6. The first kappa shape index (κ1) is 19.9. The molecule has 1 aromatic carbocycles. The van der Waals surface area contributed by atoms with Crippen LogP contribution in [-0.4, -0.2) is 40.9 Å². The lowest BCUT2D eigenvalue weighted by molar-refractivity contribution is -0.142. The number of likely N-dealkylation sites (tertiary alicyclic amines) is 1. The van der Waals surface area contributed by atoms with Crippen LogP contribution < -0.4 is 5.32 Å². The van der Waals surface area contributed by atoms with E-state index in [4.69, 9.17) is 0 Å². The van der Waals surface area contributed by atoms with Gasteiger partial charge in [0.15, 0.2) is 0 Å². The zero-order valence-electron chi connectivity index (χ0n) is 17.1. The topological polar surface area (TPSA) is 86.7 Å². The highest BCUT2D eigenvalue weighted by Crippen LogP contribution is 2.45. The minimum Gasteiger partial charge on any atom is -0.481 e. The number of benzene rings is 1. The Morgan fingerprint density at radius 2 is 1.79 bits per heavy atom. The van der Waals surface area contributed by atoms with E-state index in [1.165, 1.54) is 5.56 Å². The van der Waals surface area contributed by atoms with Crippen molar-refractivity contribution in [3.05, 3.63) is 34.9 Å². The van der Waals surface area contributed by atoms with Gasteiger partial charge in [0.2, 0.25) is 11.8 Å². The molecule has 2 heterocycles. The zero-order valence-corrected chi connectivity index (χ0v) is 17.1. The van der Waals surface area contributed by atoms with E-state index in [1.54, 1.807) is 0 Å². The molecule has 1 saturated heterocycles. The van der Waals surface area contributed by atoms with Gasteiger partial charge < -0.3 is 15.3 Å². The normalized spacial score (nSPS) is 22.2. The molecule has 3 aliphatic rings. The number of nitrogens with zero attached hydrogens (tertiary/aromatic N) is 1. The van der Waals surface area contributed by atoms with Crippen LogP contribution in [0.2, 0.25) is 0 Å². The van der Waals surface area contributed by atoms with Crippen molar-refractivity contribution < 1.29 is 19.5 Å². The Labute approximate surface area is 171 Å². The quantitative estimate of drug-likeness (QED) is 0.816. The van der Waals surface area contributed by atoms with Gasteiger partial charge in [-0.15, -0.1) is 0 Å². The molecule has 2 aliphatic heterocycles. The van der Waals surface area contributed by atoms with Crippen molar-refractivity contribution >= 4 is 17.8 Å². The van der Waals surface area contributed by atoms with Gasteiger partial charge >= 0.3 is 5.97 Å². The number of fused-ring (bicyclic) bond motifs is 2. The highest BCUT2D eigenvalue weighted by molar-refractivity contribution is 5.83. The van der Waals surface area contributed by atoms with E-state index in [-0.39, 0.29) is 29.2 Å². The number of carboxylic acid groups (broad SMARTS) is 1. The minimum atomic E-state index is -0.811. The van der Waals surface area contributed by atoms with Crippen molar-refractivity contribution in [1.29, 1.82) is 0 Å².